The van der Waals surface area contributed by atoms with E-state index >= 15 is 0 Å². The van der Waals surface area contributed by atoms with Crippen LogP contribution in [-0.2, 0) is 4.84 Å². The van der Waals surface area contributed by atoms with Gasteiger partial charge in [-0.25, -0.2) is 5.06 Å². The highest BCUT2D eigenvalue weighted by Gasteiger charge is 2.14. The molecule has 0 aliphatic rings. The molecule has 2 aromatic rings. The molecule has 3 heteroatoms. The molecule has 0 bridgehead atoms. The lowest BCUT2D eigenvalue weighted by atomic mass is 10.1. The summed E-state index contributed by atoms with van der Waals surface area (Å²) in [6.07, 6.45) is 0. The quantitative estimate of drug-likeness (QED) is 0.624. The average Bonchev–Trinajstić information content (AvgIpc) is 2.53. The van der Waals surface area contributed by atoms with Gasteiger partial charge in [-0.3, -0.25) is 9.63 Å². The van der Waals surface area contributed by atoms with Crippen molar-refractivity contribution in [2.75, 3.05) is 14.2 Å². The van der Waals surface area contributed by atoms with Crippen LogP contribution in [0.25, 0.3) is 0 Å². The van der Waals surface area contributed by atoms with Gasteiger partial charge in [0.2, 0.25) is 0 Å². The summed E-state index contributed by atoms with van der Waals surface area (Å²) in [5, 5.41) is 1.19. The van der Waals surface area contributed by atoms with Gasteiger partial charge in [0, 0.05) is 18.2 Å². The van der Waals surface area contributed by atoms with Crippen molar-refractivity contribution in [1.82, 2.24) is 5.06 Å². The molecule has 0 N–H and O–H groups in total. The van der Waals surface area contributed by atoms with E-state index in [0.29, 0.717) is 11.1 Å². The third kappa shape index (κ3) is 3.71. The Morgan fingerprint density at radius 2 is 1.71 bits per heavy atom. The Morgan fingerprint density at radius 1 is 1.05 bits per heavy atom. The molecular weight excluding hydrogens is 262 g/mol. The minimum Gasteiger partial charge on any atom is -0.274 e. The maximum absolute atomic E-state index is 12.2. The van der Waals surface area contributed by atoms with Gasteiger partial charge in [-0.2, -0.15) is 0 Å². The largest absolute Gasteiger partial charge is 0.278 e. The van der Waals surface area contributed by atoms with Crippen molar-refractivity contribution in [1.29, 1.82) is 0 Å². The lowest BCUT2D eigenvalue weighted by molar-refractivity contribution is -0.0757. The number of hydroxylamine groups is 2. The monoisotopic (exact) mass is 279 g/mol. The topological polar surface area (TPSA) is 29.5 Å². The molecule has 0 aliphatic carbocycles. The molecule has 106 valence electrons. The lowest BCUT2D eigenvalue weighted by Gasteiger charge is -2.14. The number of carbonyl (C=O) groups excluding carboxylic acids is 1. The lowest BCUT2D eigenvalue weighted by Crippen LogP contribution is -2.26. The van der Waals surface area contributed by atoms with Crippen molar-refractivity contribution < 1.29 is 9.63 Å². The summed E-state index contributed by atoms with van der Waals surface area (Å²) in [7, 11) is 3.03. The van der Waals surface area contributed by atoms with Crippen molar-refractivity contribution in [3.8, 4) is 11.8 Å². The molecule has 2 rings (SSSR count). The SMILES string of the molecule is CON(C)C(=O)c1ccccc1C#Cc1ccc(C)cc1. The molecular formula is C18H17NO2. The summed E-state index contributed by atoms with van der Waals surface area (Å²) >= 11 is 0. The fraction of sp³-hybridized carbons (Fsp3) is 0.167. The van der Waals surface area contributed by atoms with Crippen molar-refractivity contribution in [2.24, 2.45) is 0 Å². The molecule has 0 fully saturated rings. The van der Waals surface area contributed by atoms with Crippen LogP contribution < -0.4 is 0 Å². The van der Waals surface area contributed by atoms with Gasteiger partial charge >= 0.3 is 0 Å². The molecule has 0 heterocycles. The average molecular weight is 279 g/mol. The van der Waals surface area contributed by atoms with Crippen LogP contribution in [0, 0.1) is 18.8 Å². The second kappa shape index (κ2) is 6.74. The first-order valence-corrected chi connectivity index (χ1v) is 6.61. The Hall–Kier alpha value is -2.57. The molecule has 0 radical (unpaired) electrons. The van der Waals surface area contributed by atoms with Crippen LogP contribution >= 0.6 is 0 Å². The van der Waals surface area contributed by atoms with Crippen molar-refractivity contribution in [3.63, 3.8) is 0 Å². The summed E-state index contributed by atoms with van der Waals surface area (Å²) in [5.74, 6) is 5.92. The maximum atomic E-state index is 12.2. The molecule has 3 nitrogen and oxygen atoms in total. The van der Waals surface area contributed by atoms with E-state index in [9.17, 15) is 4.79 Å². The highest BCUT2D eigenvalue weighted by atomic mass is 16.7. The van der Waals surface area contributed by atoms with Crippen LogP contribution in [0.3, 0.4) is 0 Å². The number of hydrogen-bond donors (Lipinski definition) is 0. The molecule has 1 amide bonds. The normalized spacial score (nSPS) is 9.67. The van der Waals surface area contributed by atoms with Gasteiger partial charge in [-0.05, 0) is 31.2 Å². The summed E-state index contributed by atoms with van der Waals surface area (Å²) in [5.41, 5.74) is 3.33. The van der Waals surface area contributed by atoms with E-state index < -0.39 is 0 Å². The van der Waals surface area contributed by atoms with Crippen LogP contribution in [0.1, 0.15) is 27.0 Å². The number of rotatable bonds is 2. The second-order valence-electron chi connectivity index (χ2n) is 4.65. The Kier molecular flexibility index (Phi) is 4.76. The number of carbonyl (C=O) groups is 1. The van der Waals surface area contributed by atoms with E-state index in [0.717, 1.165) is 5.56 Å². The molecule has 21 heavy (non-hydrogen) atoms. The van der Waals surface area contributed by atoms with Gasteiger partial charge in [0.25, 0.3) is 5.91 Å². The number of amides is 1. The van der Waals surface area contributed by atoms with Gasteiger partial charge in [0.05, 0.1) is 12.7 Å². The minimum absolute atomic E-state index is 0.216. The molecule has 2 aromatic carbocycles. The second-order valence-corrected chi connectivity index (χ2v) is 4.65. The van der Waals surface area contributed by atoms with E-state index in [4.69, 9.17) is 4.84 Å². The first-order valence-electron chi connectivity index (χ1n) is 6.61. The van der Waals surface area contributed by atoms with Crippen molar-refractivity contribution in [2.45, 2.75) is 6.92 Å². The standard InChI is InChI=1S/C18H17NO2/c1-14-8-10-15(11-9-14)12-13-16-6-4-5-7-17(16)18(20)19(2)21-3/h4-11H,1-3H3. The molecule has 0 atom stereocenters. The molecule has 0 unspecified atom stereocenters. The van der Waals surface area contributed by atoms with E-state index in [-0.39, 0.29) is 5.91 Å². The third-order valence-electron chi connectivity index (χ3n) is 3.11. The van der Waals surface area contributed by atoms with Gasteiger partial charge in [0.1, 0.15) is 0 Å². The van der Waals surface area contributed by atoms with Crippen LogP contribution in [0.5, 0.6) is 0 Å². The summed E-state index contributed by atoms with van der Waals surface area (Å²) in [6.45, 7) is 2.03. The summed E-state index contributed by atoms with van der Waals surface area (Å²) in [6, 6.07) is 15.2. The van der Waals surface area contributed by atoms with Crippen LogP contribution in [0.4, 0.5) is 0 Å². The molecule has 0 aromatic heterocycles. The Bertz CT molecular complexity index is 693. The number of benzene rings is 2. The number of hydrogen-bond acceptors (Lipinski definition) is 2. The Labute approximate surface area is 125 Å². The van der Waals surface area contributed by atoms with Gasteiger partial charge < -0.3 is 0 Å². The summed E-state index contributed by atoms with van der Waals surface area (Å²) in [4.78, 5) is 17.1. The van der Waals surface area contributed by atoms with Gasteiger partial charge in [-0.15, -0.1) is 0 Å². The van der Waals surface area contributed by atoms with E-state index in [1.807, 2.05) is 49.4 Å². The smallest absolute Gasteiger partial charge is 0.274 e. The zero-order valence-corrected chi connectivity index (χ0v) is 12.4. The predicted octanol–water partition coefficient (Wildman–Crippen LogP) is 3.03. The maximum Gasteiger partial charge on any atom is 0.278 e. The zero-order chi connectivity index (χ0) is 15.2. The Morgan fingerprint density at radius 3 is 2.38 bits per heavy atom. The molecule has 0 spiro atoms. The first-order chi connectivity index (χ1) is 10.1. The minimum atomic E-state index is -0.216. The first kappa shape index (κ1) is 14.8. The fourth-order valence-corrected chi connectivity index (χ4v) is 1.81. The molecule has 0 saturated carbocycles. The molecule has 0 saturated heterocycles. The van der Waals surface area contributed by atoms with E-state index in [1.54, 1.807) is 13.1 Å². The third-order valence-corrected chi connectivity index (χ3v) is 3.11. The van der Waals surface area contributed by atoms with E-state index in [1.165, 1.54) is 17.7 Å². The Balaban J connectivity index is 2.33. The highest BCUT2D eigenvalue weighted by Crippen LogP contribution is 2.11. The summed E-state index contributed by atoms with van der Waals surface area (Å²) < 4.78 is 0. The predicted molar refractivity (Wildman–Crippen MR) is 82.7 cm³/mol. The van der Waals surface area contributed by atoms with E-state index in [2.05, 4.69) is 11.8 Å². The van der Waals surface area contributed by atoms with Crippen LogP contribution in [-0.4, -0.2) is 25.1 Å². The highest BCUT2D eigenvalue weighted by molar-refractivity contribution is 5.96. The number of nitrogens with zero attached hydrogens (tertiary/aromatic N) is 1. The van der Waals surface area contributed by atoms with Gasteiger partial charge in [0.15, 0.2) is 0 Å². The fourth-order valence-electron chi connectivity index (χ4n) is 1.81. The zero-order valence-electron chi connectivity index (χ0n) is 12.4. The van der Waals surface area contributed by atoms with Crippen molar-refractivity contribution >= 4 is 5.91 Å². The van der Waals surface area contributed by atoms with Crippen LogP contribution in [0.2, 0.25) is 0 Å². The van der Waals surface area contributed by atoms with Crippen molar-refractivity contribution in [3.05, 3.63) is 70.8 Å². The van der Waals surface area contributed by atoms with Gasteiger partial charge in [-0.1, -0.05) is 41.7 Å². The van der Waals surface area contributed by atoms with Crippen LogP contribution in [0.15, 0.2) is 48.5 Å². The molecule has 0 aliphatic heterocycles. The number of aryl methyl sites for hydroxylation is 1.